The maximum absolute atomic E-state index is 12.7. The first-order valence-corrected chi connectivity index (χ1v) is 11.1. The summed E-state index contributed by atoms with van der Waals surface area (Å²) in [5.74, 6) is 2.79. The zero-order valence-corrected chi connectivity index (χ0v) is 19.5. The normalized spacial score (nSPS) is 10.6. The van der Waals surface area contributed by atoms with Gasteiger partial charge in [-0.3, -0.25) is 4.79 Å². The molecule has 0 radical (unpaired) electrons. The van der Waals surface area contributed by atoms with Crippen LogP contribution < -0.4 is 14.2 Å². The second-order valence-corrected chi connectivity index (χ2v) is 7.80. The summed E-state index contributed by atoms with van der Waals surface area (Å²) < 4.78 is 21.5. The Labute approximate surface area is 191 Å². The molecule has 0 fully saturated rings. The van der Waals surface area contributed by atoms with Crippen molar-refractivity contribution in [3.05, 3.63) is 59.5 Å². The lowest BCUT2D eigenvalue weighted by Crippen LogP contribution is -2.31. The van der Waals surface area contributed by atoms with E-state index in [1.807, 2.05) is 49.4 Å². The number of ether oxygens (including phenoxy) is 3. The Morgan fingerprint density at radius 2 is 1.69 bits per heavy atom. The summed E-state index contributed by atoms with van der Waals surface area (Å²) >= 11 is 1.24. The van der Waals surface area contributed by atoms with E-state index in [1.54, 1.807) is 26.2 Å². The van der Waals surface area contributed by atoms with Gasteiger partial charge in [0.25, 0.3) is 5.22 Å². The third kappa shape index (κ3) is 6.16. The van der Waals surface area contributed by atoms with Crippen LogP contribution in [-0.2, 0) is 17.8 Å². The molecule has 32 heavy (non-hydrogen) atoms. The smallest absolute Gasteiger partial charge is 0.277 e. The molecule has 2 aromatic carbocycles. The summed E-state index contributed by atoms with van der Waals surface area (Å²) in [5.41, 5.74) is 2.00. The Hall–Kier alpha value is -3.20. The quantitative estimate of drug-likeness (QED) is 0.402. The number of aromatic nitrogens is 2. The van der Waals surface area contributed by atoms with Crippen LogP contribution in [0.25, 0.3) is 0 Å². The van der Waals surface area contributed by atoms with Gasteiger partial charge in [0.15, 0.2) is 11.5 Å². The van der Waals surface area contributed by atoms with Crippen molar-refractivity contribution in [2.75, 3.05) is 33.6 Å². The van der Waals surface area contributed by atoms with Crippen molar-refractivity contribution in [3.63, 3.8) is 0 Å². The third-order valence-electron chi connectivity index (χ3n) is 4.84. The van der Waals surface area contributed by atoms with Crippen molar-refractivity contribution < 1.29 is 23.4 Å². The molecule has 0 saturated heterocycles. The van der Waals surface area contributed by atoms with Crippen molar-refractivity contribution in [3.8, 4) is 17.2 Å². The predicted octanol–water partition coefficient (Wildman–Crippen LogP) is 3.83. The van der Waals surface area contributed by atoms with Crippen molar-refractivity contribution in [2.24, 2.45) is 0 Å². The van der Waals surface area contributed by atoms with Gasteiger partial charge in [0.05, 0.1) is 33.5 Å². The number of amides is 1. The summed E-state index contributed by atoms with van der Waals surface area (Å²) in [6, 6.07) is 13.3. The number of hydrogen-bond donors (Lipinski definition) is 0. The Morgan fingerprint density at radius 3 is 2.34 bits per heavy atom. The fourth-order valence-corrected chi connectivity index (χ4v) is 3.76. The van der Waals surface area contributed by atoms with Gasteiger partial charge >= 0.3 is 0 Å². The predicted molar refractivity (Wildman–Crippen MR) is 121 cm³/mol. The molecule has 0 unspecified atom stereocenters. The van der Waals surface area contributed by atoms with Gasteiger partial charge in [-0.1, -0.05) is 30.0 Å². The number of benzene rings is 2. The molecular formula is C23H27N3O5S. The van der Waals surface area contributed by atoms with Gasteiger partial charge < -0.3 is 23.5 Å². The summed E-state index contributed by atoms with van der Waals surface area (Å²) in [6.45, 7) is 3.01. The number of rotatable bonds is 11. The zero-order valence-electron chi connectivity index (χ0n) is 18.7. The van der Waals surface area contributed by atoms with Gasteiger partial charge in [-0.2, -0.15) is 0 Å². The van der Waals surface area contributed by atoms with E-state index in [2.05, 4.69) is 10.2 Å². The van der Waals surface area contributed by atoms with E-state index in [0.29, 0.717) is 42.1 Å². The molecule has 0 aliphatic carbocycles. The monoisotopic (exact) mass is 457 g/mol. The van der Waals surface area contributed by atoms with Gasteiger partial charge in [0.1, 0.15) is 5.75 Å². The number of methoxy groups -OCH3 is 3. The lowest BCUT2D eigenvalue weighted by molar-refractivity contribution is -0.128. The molecule has 170 valence electrons. The van der Waals surface area contributed by atoms with E-state index in [1.165, 1.54) is 11.8 Å². The number of nitrogens with zero attached hydrogens (tertiary/aromatic N) is 3. The van der Waals surface area contributed by atoms with E-state index in [-0.39, 0.29) is 11.7 Å². The molecule has 8 nitrogen and oxygen atoms in total. The average Bonchev–Trinajstić information content (AvgIpc) is 3.28. The highest BCUT2D eigenvalue weighted by atomic mass is 32.2. The standard InChI is InChI=1S/C23H27N3O5S/c1-5-26(14-17-8-11-19(29-3)20(12-17)30-4)22(27)15-32-23-25-24-21(31-23)13-16-6-9-18(28-2)10-7-16/h6-12H,5,13-15H2,1-4H3. The number of thioether (sulfide) groups is 1. The molecule has 1 aromatic heterocycles. The first kappa shape index (κ1) is 23.5. The summed E-state index contributed by atoms with van der Waals surface area (Å²) in [6.07, 6.45) is 0.520. The zero-order chi connectivity index (χ0) is 22.9. The minimum atomic E-state index is -0.0119. The van der Waals surface area contributed by atoms with Crippen LogP contribution in [0.3, 0.4) is 0 Å². The van der Waals surface area contributed by atoms with Crippen LogP contribution in [0.5, 0.6) is 17.2 Å². The molecule has 9 heteroatoms. The molecule has 0 bridgehead atoms. The van der Waals surface area contributed by atoms with Gasteiger partial charge in [-0.15, -0.1) is 10.2 Å². The van der Waals surface area contributed by atoms with Crippen molar-refractivity contribution >= 4 is 17.7 Å². The van der Waals surface area contributed by atoms with Crippen LogP contribution in [0.15, 0.2) is 52.1 Å². The highest BCUT2D eigenvalue weighted by Gasteiger charge is 2.16. The highest BCUT2D eigenvalue weighted by molar-refractivity contribution is 7.99. The molecule has 0 atom stereocenters. The Morgan fingerprint density at radius 1 is 0.969 bits per heavy atom. The van der Waals surface area contributed by atoms with E-state index in [0.717, 1.165) is 16.9 Å². The molecule has 0 saturated carbocycles. The van der Waals surface area contributed by atoms with Gasteiger partial charge in [-0.05, 0) is 42.3 Å². The highest BCUT2D eigenvalue weighted by Crippen LogP contribution is 2.28. The molecule has 0 aliphatic heterocycles. The lowest BCUT2D eigenvalue weighted by Gasteiger charge is -2.21. The molecule has 0 spiro atoms. The first-order valence-electron chi connectivity index (χ1n) is 10.1. The van der Waals surface area contributed by atoms with Crippen LogP contribution >= 0.6 is 11.8 Å². The van der Waals surface area contributed by atoms with Crippen LogP contribution in [0.1, 0.15) is 23.9 Å². The molecule has 0 aliphatic rings. The Kier molecular flexibility index (Phi) is 8.38. The van der Waals surface area contributed by atoms with E-state index >= 15 is 0 Å². The fourth-order valence-electron chi connectivity index (χ4n) is 3.08. The van der Waals surface area contributed by atoms with Crippen LogP contribution in [0, 0.1) is 0 Å². The molecule has 3 aromatic rings. The SMILES string of the molecule is CCN(Cc1ccc(OC)c(OC)c1)C(=O)CSc1nnc(Cc2ccc(OC)cc2)o1. The molecular weight excluding hydrogens is 430 g/mol. The van der Waals surface area contributed by atoms with Crippen LogP contribution in [-0.4, -0.2) is 54.6 Å². The third-order valence-corrected chi connectivity index (χ3v) is 5.64. The van der Waals surface area contributed by atoms with E-state index in [4.69, 9.17) is 18.6 Å². The number of hydrogen-bond acceptors (Lipinski definition) is 8. The summed E-state index contributed by atoms with van der Waals surface area (Å²) in [7, 11) is 4.82. The molecule has 3 rings (SSSR count). The second kappa shape index (κ2) is 11.4. The molecule has 1 amide bonds. The largest absolute Gasteiger partial charge is 0.497 e. The second-order valence-electron chi connectivity index (χ2n) is 6.87. The Balaban J connectivity index is 1.54. The minimum Gasteiger partial charge on any atom is -0.497 e. The summed E-state index contributed by atoms with van der Waals surface area (Å²) in [5, 5.41) is 8.51. The van der Waals surface area contributed by atoms with Gasteiger partial charge in [0, 0.05) is 13.1 Å². The number of carbonyl (C=O) groups is 1. The fraction of sp³-hybridized carbons (Fsp3) is 0.348. The summed E-state index contributed by atoms with van der Waals surface area (Å²) in [4.78, 5) is 14.5. The Bertz CT molecular complexity index is 1020. The molecule has 0 N–H and O–H groups in total. The minimum absolute atomic E-state index is 0.0119. The van der Waals surface area contributed by atoms with Crippen molar-refractivity contribution in [2.45, 2.75) is 25.1 Å². The average molecular weight is 458 g/mol. The maximum atomic E-state index is 12.7. The van der Waals surface area contributed by atoms with E-state index in [9.17, 15) is 4.79 Å². The van der Waals surface area contributed by atoms with Gasteiger partial charge in [-0.25, -0.2) is 0 Å². The van der Waals surface area contributed by atoms with E-state index < -0.39 is 0 Å². The van der Waals surface area contributed by atoms with Crippen molar-refractivity contribution in [1.29, 1.82) is 0 Å². The maximum Gasteiger partial charge on any atom is 0.277 e. The van der Waals surface area contributed by atoms with Gasteiger partial charge in [0.2, 0.25) is 11.8 Å². The first-order chi connectivity index (χ1) is 15.6. The lowest BCUT2D eigenvalue weighted by atomic mass is 10.1. The van der Waals surface area contributed by atoms with Crippen LogP contribution in [0.4, 0.5) is 0 Å². The number of carbonyl (C=O) groups excluding carboxylic acids is 1. The topological polar surface area (TPSA) is 86.9 Å². The molecule has 1 heterocycles. The van der Waals surface area contributed by atoms with Crippen LogP contribution in [0.2, 0.25) is 0 Å². The van der Waals surface area contributed by atoms with Crippen molar-refractivity contribution in [1.82, 2.24) is 15.1 Å².